The lowest BCUT2D eigenvalue weighted by atomic mass is 9.97. The van der Waals surface area contributed by atoms with Crippen LogP contribution in [0.15, 0.2) is 42.5 Å². The summed E-state index contributed by atoms with van der Waals surface area (Å²) in [4.78, 5) is 0. The molecule has 1 atom stereocenters. The number of hydrogen-bond acceptors (Lipinski definition) is 4. The van der Waals surface area contributed by atoms with E-state index in [0.29, 0.717) is 22.2 Å². The van der Waals surface area contributed by atoms with Crippen LogP contribution in [0.3, 0.4) is 0 Å². The third-order valence-corrected chi connectivity index (χ3v) is 4.56. The van der Waals surface area contributed by atoms with E-state index in [1.807, 2.05) is 0 Å². The topological polar surface area (TPSA) is 52.6 Å². The zero-order valence-electron chi connectivity index (χ0n) is 13.4. The van der Waals surface area contributed by atoms with Gasteiger partial charge in [0.05, 0.1) is 19.5 Å². The van der Waals surface area contributed by atoms with E-state index in [-0.39, 0.29) is 24.9 Å². The maximum Gasteiger partial charge on any atom is 0.264 e. The van der Waals surface area contributed by atoms with E-state index in [2.05, 4.69) is 0 Å². The molecule has 2 aromatic carbocycles. The molecule has 0 unspecified atom stereocenters. The molecule has 0 amide bonds. The molecule has 0 saturated heterocycles. The molecule has 8 heteroatoms. The van der Waals surface area contributed by atoms with E-state index in [9.17, 15) is 12.8 Å². The molecule has 0 saturated carbocycles. The first kappa shape index (κ1) is 20.0. The summed E-state index contributed by atoms with van der Waals surface area (Å²) < 4.78 is 46.0. The Morgan fingerprint density at radius 2 is 1.80 bits per heavy atom. The molecule has 4 nitrogen and oxygen atoms in total. The van der Waals surface area contributed by atoms with Crippen LogP contribution in [0.2, 0.25) is 10.0 Å². The number of rotatable bonds is 8. The van der Waals surface area contributed by atoms with Gasteiger partial charge in [-0.05, 0) is 48.4 Å². The van der Waals surface area contributed by atoms with Gasteiger partial charge in [-0.15, -0.1) is 0 Å². The van der Waals surface area contributed by atoms with Gasteiger partial charge < -0.3 is 4.74 Å². The molecule has 0 aliphatic heterocycles. The second-order valence-electron chi connectivity index (χ2n) is 5.44. The van der Waals surface area contributed by atoms with Crippen molar-refractivity contribution in [1.29, 1.82) is 0 Å². The van der Waals surface area contributed by atoms with Crippen LogP contribution < -0.4 is 4.74 Å². The van der Waals surface area contributed by atoms with Gasteiger partial charge in [-0.1, -0.05) is 29.3 Å². The van der Waals surface area contributed by atoms with Crippen LogP contribution in [0, 0.1) is 5.82 Å². The summed E-state index contributed by atoms with van der Waals surface area (Å²) in [5.74, 6) is -0.133. The summed E-state index contributed by atoms with van der Waals surface area (Å²) in [7, 11) is -3.58. The average Bonchev–Trinajstić information content (AvgIpc) is 2.52. The van der Waals surface area contributed by atoms with E-state index in [0.717, 1.165) is 11.8 Å². The summed E-state index contributed by atoms with van der Waals surface area (Å²) in [5.41, 5.74) is 0.720. The summed E-state index contributed by atoms with van der Waals surface area (Å²) >= 11 is 12.1. The Hall–Kier alpha value is -1.34. The fourth-order valence-corrected chi connectivity index (χ4v) is 3.19. The van der Waals surface area contributed by atoms with E-state index in [1.165, 1.54) is 24.3 Å². The second-order valence-corrected chi connectivity index (χ2v) is 7.93. The fraction of sp³-hybridized carbons (Fsp3) is 0.294. The molecule has 25 heavy (non-hydrogen) atoms. The monoisotopic (exact) mass is 406 g/mol. The van der Waals surface area contributed by atoms with Crippen LogP contribution in [-0.2, 0) is 14.3 Å². The molecule has 0 heterocycles. The normalized spacial score (nSPS) is 12.8. The average molecular weight is 407 g/mol. The molecule has 0 aromatic heterocycles. The van der Waals surface area contributed by atoms with E-state index in [4.69, 9.17) is 32.1 Å². The van der Waals surface area contributed by atoms with E-state index < -0.39 is 10.1 Å². The van der Waals surface area contributed by atoms with Crippen LogP contribution in [-0.4, -0.2) is 27.9 Å². The first-order chi connectivity index (χ1) is 11.7. The highest BCUT2D eigenvalue weighted by molar-refractivity contribution is 7.85. The molecule has 0 fully saturated rings. The van der Waals surface area contributed by atoms with Gasteiger partial charge in [-0.2, -0.15) is 8.42 Å². The van der Waals surface area contributed by atoms with Gasteiger partial charge in [0, 0.05) is 16.0 Å². The number of hydrogen-bond donors (Lipinski definition) is 0. The molecule has 2 aromatic rings. The Bertz CT molecular complexity index is 810. The lowest BCUT2D eigenvalue weighted by molar-refractivity contribution is 0.248. The zero-order chi connectivity index (χ0) is 18.4. The van der Waals surface area contributed by atoms with Crippen LogP contribution in [0.5, 0.6) is 5.75 Å². The largest absolute Gasteiger partial charge is 0.494 e. The van der Waals surface area contributed by atoms with Crippen molar-refractivity contribution in [3.63, 3.8) is 0 Å². The first-order valence-corrected chi connectivity index (χ1v) is 9.99. The third kappa shape index (κ3) is 6.82. The van der Waals surface area contributed by atoms with Crippen LogP contribution >= 0.6 is 23.2 Å². The quantitative estimate of drug-likeness (QED) is 0.598. The summed E-state index contributed by atoms with van der Waals surface area (Å²) in [6.07, 6.45) is 1.44. The summed E-state index contributed by atoms with van der Waals surface area (Å²) in [5, 5.41) is 0.912. The predicted molar refractivity (Wildman–Crippen MR) is 96.5 cm³/mol. The highest BCUT2D eigenvalue weighted by Gasteiger charge is 2.18. The smallest absolute Gasteiger partial charge is 0.264 e. The number of ether oxygens (including phenoxy) is 1. The van der Waals surface area contributed by atoms with Gasteiger partial charge in [-0.25, -0.2) is 4.39 Å². The summed E-state index contributed by atoms with van der Waals surface area (Å²) in [6, 6.07) is 10.6. The molecule has 0 spiro atoms. The van der Waals surface area contributed by atoms with Gasteiger partial charge in [0.25, 0.3) is 10.1 Å². The molecule has 0 aliphatic carbocycles. The van der Waals surface area contributed by atoms with Crippen LogP contribution in [0.1, 0.15) is 17.9 Å². The zero-order valence-corrected chi connectivity index (χ0v) is 15.7. The van der Waals surface area contributed by atoms with E-state index >= 15 is 0 Å². The molecule has 0 bridgehead atoms. The van der Waals surface area contributed by atoms with Crippen molar-refractivity contribution in [3.05, 3.63) is 63.9 Å². The standard InChI is InChI=1S/C17H17Cl2FO4S/c1-25(21,22)24-11-12(16-7-2-13(18)10-17(16)19)8-9-23-15-5-3-14(20)4-6-15/h2-7,10,12H,8-9,11H2,1H3/t12-/m1/s1. The number of benzene rings is 2. The second kappa shape index (κ2) is 8.85. The fourth-order valence-electron chi connectivity index (χ4n) is 2.22. The van der Waals surface area contributed by atoms with Gasteiger partial charge >= 0.3 is 0 Å². The van der Waals surface area contributed by atoms with Gasteiger partial charge in [-0.3, -0.25) is 4.18 Å². The van der Waals surface area contributed by atoms with E-state index in [1.54, 1.807) is 18.2 Å². The molecular weight excluding hydrogens is 390 g/mol. The Morgan fingerprint density at radius 1 is 1.12 bits per heavy atom. The van der Waals surface area contributed by atoms with Gasteiger partial charge in [0.15, 0.2) is 0 Å². The van der Waals surface area contributed by atoms with Crippen molar-refractivity contribution >= 4 is 33.3 Å². The minimum atomic E-state index is -3.58. The highest BCUT2D eigenvalue weighted by atomic mass is 35.5. The maximum absolute atomic E-state index is 12.9. The predicted octanol–water partition coefficient (Wildman–Crippen LogP) is 4.66. The first-order valence-electron chi connectivity index (χ1n) is 7.42. The van der Waals surface area contributed by atoms with Crippen LogP contribution in [0.25, 0.3) is 0 Å². The number of halogens is 3. The van der Waals surface area contributed by atoms with Crippen molar-refractivity contribution in [1.82, 2.24) is 0 Å². The Balaban J connectivity index is 2.06. The van der Waals surface area contributed by atoms with Crippen molar-refractivity contribution in [2.24, 2.45) is 0 Å². The Morgan fingerprint density at radius 3 is 2.40 bits per heavy atom. The van der Waals surface area contributed by atoms with Crippen molar-refractivity contribution in [3.8, 4) is 5.75 Å². The molecular formula is C17H17Cl2FO4S. The lowest BCUT2D eigenvalue weighted by Crippen LogP contribution is -2.15. The molecule has 136 valence electrons. The maximum atomic E-state index is 12.9. The van der Waals surface area contributed by atoms with Gasteiger partial charge in [0.1, 0.15) is 11.6 Å². The Labute approximate surface area is 156 Å². The third-order valence-electron chi connectivity index (χ3n) is 3.43. The van der Waals surface area contributed by atoms with Crippen molar-refractivity contribution in [2.45, 2.75) is 12.3 Å². The van der Waals surface area contributed by atoms with Crippen molar-refractivity contribution < 1.29 is 21.7 Å². The summed E-state index contributed by atoms with van der Waals surface area (Å²) in [6.45, 7) is 0.218. The molecule has 0 radical (unpaired) electrons. The molecule has 2 rings (SSSR count). The molecule has 0 aliphatic rings. The minimum absolute atomic E-state index is 0.0625. The minimum Gasteiger partial charge on any atom is -0.494 e. The van der Waals surface area contributed by atoms with Crippen molar-refractivity contribution in [2.75, 3.05) is 19.5 Å². The lowest BCUT2D eigenvalue weighted by Gasteiger charge is -2.18. The Kier molecular flexibility index (Phi) is 7.07. The molecule has 0 N–H and O–H groups in total. The van der Waals surface area contributed by atoms with Gasteiger partial charge in [0.2, 0.25) is 0 Å². The SMILES string of the molecule is CS(=O)(=O)OC[C@@H](CCOc1ccc(F)cc1)c1ccc(Cl)cc1Cl. The van der Waals surface area contributed by atoms with Crippen LogP contribution in [0.4, 0.5) is 4.39 Å². The highest BCUT2D eigenvalue weighted by Crippen LogP contribution is 2.30.